The van der Waals surface area contributed by atoms with Gasteiger partial charge in [0.15, 0.2) is 0 Å². The molecule has 0 fully saturated rings. The van der Waals surface area contributed by atoms with E-state index in [-0.39, 0.29) is 12.3 Å². The van der Waals surface area contributed by atoms with Crippen LogP contribution in [0.4, 0.5) is 0 Å². The minimum Gasteiger partial charge on any atom is -0.496 e. The molecule has 0 aliphatic carbocycles. The van der Waals surface area contributed by atoms with E-state index in [2.05, 4.69) is 0 Å². The lowest BCUT2D eigenvalue weighted by Crippen LogP contribution is -2.17. The van der Waals surface area contributed by atoms with E-state index in [1.165, 1.54) is 0 Å². The van der Waals surface area contributed by atoms with Gasteiger partial charge in [-0.05, 0) is 24.6 Å². The molecule has 0 aliphatic rings. The number of ether oxygens (including phenoxy) is 1. The summed E-state index contributed by atoms with van der Waals surface area (Å²) < 4.78 is 5.29. The Morgan fingerprint density at radius 3 is 2.75 bits per heavy atom. The maximum atomic E-state index is 10.7. The number of hydrogen-bond acceptors (Lipinski definition) is 3. The lowest BCUT2D eigenvalue weighted by Gasteiger charge is -2.17. The minimum absolute atomic E-state index is 0.0241. The number of aryl methyl sites for hydroxylation is 1. The summed E-state index contributed by atoms with van der Waals surface area (Å²) in [5, 5.41) is 8.81. The first-order chi connectivity index (χ1) is 7.60. The molecule has 1 rings (SSSR count). The number of hydrogen-bond donors (Lipinski definition) is 2. The molecule has 0 saturated heterocycles. The Balaban J connectivity index is 3.08. The summed E-state index contributed by atoms with van der Waals surface area (Å²) >= 11 is 0. The van der Waals surface area contributed by atoms with Crippen molar-refractivity contribution in [3.63, 3.8) is 0 Å². The van der Waals surface area contributed by atoms with Crippen LogP contribution in [0.5, 0.6) is 5.75 Å². The Bertz CT molecular complexity index is 377. The van der Waals surface area contributed by atoms with Gasteiger partial charge in [0.05, 0.1) is 13.5 Å². The molecule has 0 aromatic heterocycles. The van der Waals surface area contributed by atoms with Gasteiger partial charge in [-0.2, -0.15) is 0 Å². The third kappa shape index (κ3) is 2.73. The molecule has 16 heavy (non-hydrogen) atoms. The number of carbonyl (C=O) groups is 1. The zero-order valence-corrected chi connectivity index (χ0v) is 9.56. The molecule has 4 heteroatoms. The van der Waals surface area contributed by atoms with Crippen molar-refractivity contribution in [1.82, 2.24) is 0 Å². The molecule has 0 spiro atoms. The summed E-state index contributed by atoms with van der Waals surface area (Å²) in [6.07, 6.45) is 0.0241. The van der Waals surface area contributed by atoms with E-state index in [9.17, 15) is 4.79 Å². The SMILES string of the molecule is COc1c(C)cccc1C(CN)CC(=O)O. The van der Waals surface area contributed by atoms with E-state index in [1.54, 1.807) is 7.11 Å². The predicted molar refractivity (Wildman–Crippen MR) is 61.8 cm³/mol. The third-order valence-corrected chi connectivity index (χ3v) is 2.59. The predicted octanol–water partition coefficient (Wildman–Crippen LogP) is 1.52. The van der Waals surface area contributed by atoms with Gasteiger partial charge in [-0.3, -0.25) is 4.79 Å². The quantitative estimate of drug-likeness (QED) is 0.793. The smallest absolute Gasteiger partial charge is 0.304 e. The van der Waals surface area contributed by atoms with Crippen molar-refractivity contribution in [2.24, 2.45) is 5.73 Å². The van der Waals surface area contributed by atoms with Crippen molar-refractivity contribution in [1.29, 1.82) is 0 Å². The standard InChI is InChI=1S/C12H17NO3/c1-8-4-3-5-10(12(8)16-2)9(7-13)6-11(14)15/h3-5,9H,6-7,13H2,1-2H3,(H,14,15). The summed E-state index contributed by atoms with van der Waals surface area (Å²) in [4.78, 5) is 10.7. The van der Waals surface area contributed by atoms with Gasteiger partial charge in [0.1, 0.15) is 5.75 Å². The first-order valence-corrected chi connectivity index (χ1v) is 5.15. The molecule has 1 aromatic rings. The Hall–Kier alpha value is -1.55. The van der Waals surface area contributed by atoms with Crippen LogP contribution >= 0.6 is 0 Å². The van der Waals surface area contributed by atoms with Crippen LogP contribution in [0.25, 0.3) is 0 Å². The van der Waals surface area contributed by atoms with Crippen molar-refractivity contribution in [2.45, 2.75) is 19.3 Å². The van der Waals surface area contributed by atoms with Crippen LogP contribution in [0, 0.1) is 6.92 Å². The number of carboxylic acid groups (broad SMARTS) is 1. The van der Waals surface area contributed by atoms with Crippen molar-refractivity contribution < 1.29 is 14.6 Å². The van der Waals surface area contributed by atoms with E-state index in [0.29, 0.717) is 6.54 Å². The van der Waals surface area contributed by atoms with Gasteiger partial charge >= 0.3 is 5.97 Å². The van der Waals surface area contributed by atoms with E-state index in [4.69, 9.17) is 15.6 Å². The fourth-order valence-corrected chi connectivity index (χ4v) is 1.81. The molecule has 0 heterocycles. The van der Waals surface area contributed by atoms with E-state index >= 15 is 0 Å². The monoisotopic (exact) mass is 223 g/mol. The molecule has 0 bridgehead atoms. The molecule has 0 amide bonds. The highest BCUT2D eigenvalue weighted by Gasteiger charge is 2.18. The van der Waals surface area contributed by atoms with Gasteiger partial charge in [-0.25, -0.2) is 0 Å². The van der Waals surface area contributed by atoms with Gasteiger partial charge < -0.3 is 15.6 Å². The van der Waals surface area contributed by atoms with Gasteiger partial charge in [0.25, 0.3) is 0 Å². The first kappa shape index (κ1) is 12.5. The van der Waals surface area contributed by atoms with Crippen molar-refractivity contribution in [3.05, 3.63) is 29.3 Å². The Labute approximate surface area is 95.0 Å². The molecular formula is C12H17NO3. The van der Waals surface area contributed by atoms with Gasteiger partial charge in [0, 0.05) is 5.92 Å². The lowest BCUT2D eigenvalue weighted by atomic mass is 9.93. The lowest BCUT2D eigenvalue weighted by molar-refractivity contribution is -0.137. The molecule has 88 valence electrons. The molecule has 1 aromatic carbocycles. The highest BCUT2D eigenvalue weighted by atomic mass is 16.5. The molecule has 4 nitrogen and oxygen atoms in total. The van der Waals surface area contributed by atoms with Gasteiger partial charge in [-0.15, -0.1) is 0 Å². The van der Waals surface area contributed by atoms with Crippen molar-refractivity contribution >= 4 is 5.97 Å². The van der Waals surface area contributed by atoms with E-state index in [0.717, 1.165) is 16.9 Å². The van der Waals surface area contributed by atoms with Crippen LogP contribution in [0.2, 0.25) is 0 Å². The average molecular weight is 223 g/mol. The van der Waals surface area contributed by atoms with Crippen LogP contribution in [0.1, 0.15) is 23.5 Å². The molecule has 0 radical (unpaired) electrons. The number of benzene rings is 1. The highest BCUT2D eigenvalue weighted by molar-refractivity contribution is 5.68. The second-order valence-corrected chi connectivity index (χ2v) is 3.73. The number of nitrogens with two attached hydrogens (primary N) is 1. The Morgan fingerprint density at radius 2 is 2.25 bits per heavy atom. The normalized spacial score (nSPS) is 12.2. The van der Waals surface area contributed by atoms with Crippen LogP contribution < -0.4 is 10.5 Å². The maximum Gasteiger partial charge on any atom is 0.304 e. The second kappa shape index (κ2) is 5.51. The van der Waals surface area contributed by atoms with Crippen LogP contribution in [0.15, 0.2) is 18.2 Å². The molecule has 0 saturated carbocycles. The molecule has 0 aliphatic heterocycles. The van der Waals surface area contributed by atoms with E-state index in [1.807, 2.05) is 25.1 Å². The first-order valence-electron chi connectivity index (χ1n) is 5.15. The Kier molecular flexibility index (Phi) is 4.31. The summed E-state index contributed by atoms with van der Waals surface area (Å²) in [6.45, 7) is 2.22. The van der Waals surface area contributed by atoms with Crippen molar-refractivity contribution in [3.8, 4) is 5.75 Å². The summed E-state index contributed by atoms with van der Waals surface area (Å²) in [7, 11) is 1.58. The number of aliphatic carboxylic acids is 1. The molecule has 1 atom stereocenters. The number of para-hydroxylation sites is 1. The van der Waals surface area contributed by atoms with Gasteiger partial charge in [0.2, 0.25) is 0 Å². The third-order valence-electron chi connectivity index (χ3n) is 2.59. The van der Waals surface area contributed by atoms with Crippen LogP contribution in [0.3, 0.4) is 0 Å². The highest BCUT2D eigenvalue weighted by Crippen LogP contribution is 2.31. The molecular weight excluding hydrogens is 206 g/mol. The maximum absolute atomic E-state index is 10.7. The largest absolute Gasteiger partial charge is 0.496 e. The second-order valence-electron chi connectivity index (χ2n) is 3.73. The fraction of sp³-hybridized carbons (Fsp3) is 0.417. The Morgan fingerprint density at radius 1 is 1.56 bits per heavy atom. The zero-order chi connectivity index (χ0) is 12.1. The van der Waals surface area contributed by atoms with Crippen molar-refractivity contribution in [2.75, 3.05) is 13.7 Å². The minimum atomic E-state index is -0.848. The zero-order valence-electron chi connectivity index (χ0n) is 9.56. The summed E-state index contributed by atoms with van der Waals surface area (Å²) in [5.74, 6) is -0.314. The average Bonchev–Trinajstić information content (AvgIpc) is 2.25. The number of methoxy groups -OCH3 is 1. The van der Waals surface area contributed by atoms with Gasteiger partial charge in [-0.1, -0.05) is 18.2 Å². The number of rotatable bonds is 5. The molecule has 1 unspecified atom stereocenters. The van der Waals surface area contributed by atoms with Crippen LogP contribution in [-0.4, -0.2) is 24.7 Å². The fourth-order valence-electron chi connectivity index (χ4n) is 1.81. The topological polar surface area (TPSA) is 72.5 Å². The van der Waals surface area contributed by atoms with E-state index < -0.39 is 5.97 Å². The molecule has 3 N–H and O–H groups in total. The number of carboxylic acids is 1. The summed E-state index contributed by atoms with van der Waals surface area (Å²) in [6, 6.07) is 5.68. The van der Waals surface area contributed by atoms with Crippen LogP contribution in [-0.2, 0) is 4.79 Å². The summed E-state index contributed by atoms with van der Waals surface area (Å²) in [5.41, 5.74) is 7.47.